The highest BCUT2D eigenvalue weighted by molar-refractivity contribution is 5.86. The Balaban J connectivity index is 2.01. The van der Waals surface area contributed by atoms with Crippen LogP contribution in [0.15, 0.2) is 41.1 Å². The Morgan fingerprint density at radius 1 is 1.33 bits per heavy atom. The summed E-state index contributed by atoms with van der Waals surface area (Å²) < 4.78 is 10.6. The number of hydrogen-bond donors (Lipinski definition) is 0. The number of fused-ring (bicyclic) bond motifs is 1. The van der Waals surface area contributed by atoms with Crippen LogP contribution in [-0.4, -0.2) is 14.9 Å². The van der Waals surface area contributed by atoms with Crippen molar-refractivity contribution in [3.63, 3.8) is 0 Å². The second-order valence-electron chi connectivity index (χ2n) is 4.41. The molecule has 0 saturated heterocycles. The first kappa shape index (κ1) is 13.0. The minimum atomic E-state index is -0.558. The molecular formula is C14H11N3O4. The second kappa shape index (κ2) is 5.20. The van der Waals surface area contributed by atoms with E-state index < -0.39 is 4.92 Å². The number of benzene rings is 1. The van der Waals surface area contributed by atoms with Gasteiger partial charge in [-0.15, -0.1) is 0 Å². The van der Waals surface area contributed by atoms with Gasteiger partial charge in [0.2, 0.25) is 0 Å². The highest BCUT2D eigenvalue weighted by Gasteiger charge is 2.26. The van der Waals surface area contributed by atoms with Crippen LogP contribution in [0.1, 0.15) is 11.3 Å². The molecule has 0 aliphatic heterocycles. The maximum absolute atomic E-state index is 11.3. The molecule has 0 atom stereocenters. The van der Waals surface area contributed by atoms with E-state index in [1.165, 1.54) is 0 Å². The zero-order valence-corrected chi connectivity index (χ0v) is 11.1. The number of hydrogen-bond acceptors (Lipinski definition) is 6. The third kappa shape index (κ3) is 2.40. The van der Waals surface area contributed by atoms with Crippen LogP contribution >= 0.6 is 0 Å². The number of aryl methyl sites for hydroxylation is 1. The van der Waals surface area contributed by atoms with E-state index in [2.05, 4.69) is 9.97 Å². The Bertz CT molecular complexity index is 799. The van der Waals surface area contributed by atoms with Gasteiger partial charge in [0.25, 0.3) is 5.88 Å². The standard InChI is InChI=1S/C14H11N3O4/c1-9-13-11(15-8-21-13)12(17(18)19)14(16-9)20-7-10-5-3-2-4-6-10/h2-6,8H,7H2,1H3. The molecule has 0 radical (unpaired) electrons. The summed E-state index contributed by atoms with van der Waals surface area (Å²) >= 11 is 0. The van der Waals surface area contributed by atoms with Gasteiger partial charge in [0.15, 0.2) is 17.5 Å². The molecule has 0 aliphatic rings. The van der Waals surface area contributed by atoms with E-state index in [1.54, 1.807) is 6.92 Å². The quantitative estimate of drug-likeness (QED) is 0.540. The zero-order chi connectivity index (χ0) is 14.8. The third-order valence-electron chi connectivity index (χ3n) is 2.99. The molecule has 0 saturated carbocycles. The Morgan fingerprint density at radius 3 is 2.81 bits per heavy atom. The number of ether oxygens (including phenoxy) is 1. The fourth-order valence-corrected chi connectivity index (χ4v) is 2.02. The van der Waals surface area contributed by atoms with E-state index in [0.717, 1.165) is 12.0 Å². The van der Waals surface area contributed by atoms with E-state index >= 15 is 0 Å². The molecule has 0 bridgehead atoms. The average molecular weight is 285 g/mol. The predicted octanol–water partition coefficient (Wildman–Crippen LogP) is 3.02. The third-order valence-corrected chi connectivity index (χ3v) is 2.99. The lowest BCUT2D eigenvalue weighted by molar-refractivity contribution is -0.384. The number of pyridine rings is 1. The van der Waals surface area contributed by atoms with Gasteiger partial charge < -0.3 is 9.15 Å². The van der Waals surface area contributed by atoms with Crippen LogP contribution in [0.25, 0.3) is 11.1 Å². The fourth-order valence-electron chi connectivity index (χ4n) is 2.02. The average Bonchev–Trinajstić information content (AvgIpc) is 2.95. The van der Waals surface area contributed by atoms with Crippen LogP contribution in [0.5, 0.6) is 5.88 Å². The van der Waals surface area contributed by atoms with Gasteiger partial charge in [0, 0.05) is 0 Å². The van der Waals surface area contributed by atoms with Crippen molar-refractivity contribution in [1.82, 2.24) is 9.97 Å². The molecule has 2 aromatic heterocycles. The van der Waals surface area contributed by atoms with Crippen LogP contribution in [0, 0.1) is 17.0 Å². The summed E-state index contributed by atoms with van der Waals surface area (Å²) in [5, 5.41) is 11.3. The summed E-state index contributed by atoms with van der Waals surface area (Å²) in [6.45, 7) is 1.88. The van der Waals surface area contributed by atoms with Gasteiger partial charge in [-0.1, -0.05) is 30.3 Å². The van der Waals surface area contributed by atoms with Crippen molar-refractivity contribution in [3.8, 4) is 5.88 Å². The van der Waals surface area contributed by atoms with Gasteiger partial charge in [-0.05, 0) is 12.5 Å². The van der Waals surface area contributed by atoms with Crippen molar-refractivity contribution < 1.29 is 14.1 Å². The molecule has 7 nitrogen and oxygen atoms in total. The maximum atomic E-state index is 11.3. The van der Waals surface area contributed by atoms with Crippen LogP contribution in [-0.2, 0) is 6.61 Å². The smallest absolute Gasteiger partial charge is 0.360 e. The number of rotatable bonds is 4. The lowest BCUT2D eigenvalue weighted by Gasteiger charge is -2.07. The van der Waals surface area contributed by atoms with Gasteiger partial charge >= 0.3 is 5.69 Å². The topological polar surface area (TPSA) is 91.3 Å². The lowest BCUT2D eigenvalue weighted by atomic mass is 10.2. The van der Waals surface area contributed by atoms with Crippen molar-refractivity contribution in [2.45, 2.75) is 13.5 Å². The first-order chi connectivity index (χ1) is 10.2. The van der Waals surface area contributed by atoms with Crippen LogP contribution in [0.3, 0.4) is 0 Å². The van der Waals surface area contributed by atoms with Crippen molar-refractivity contribution in [2.24, 2.45) is 0 Å². The summed E-state index contributed by atoms with van der Waals surface area (Å²) in [6.07, 6.45) is 1.16. The van der Waals surface area contributed by atoms with Crippen molar-refractivity contribution >= 4 is 16.8 Å². The normalized spacial score (nSPS) is 10.7. The minimum Gasteiger partial charge on any atom is -0.468 e. The molecule has 1 aromatic carbocycles. The Morgan fingerprint density at radius 2 is 2.10 bits per heavy atom. The molecule has 0 N–H and O–H groups in total. The van der Waals surface area contributed by atoms with Gasteiger partial charge in [-0.3, -0.25) is 10.1 Å². The molecule has 7 heteroatoms. The summed E-state index contributed by atoms with van der Waals surface area (Å²) in [5.41, 5.74) is 1.56. The molecule has 0 aliphatic carbocycles. The summed E-state index contributed by atoms with van der Waals surface area (Å²) in [5.74, 6) is -0.0530. The van der Waals surface area contributed by atoms with Gasteiger partial charge in [-0.25, -0.2) is 9.97 Å². The van der Waals surface area contributed by atoms with E-state index in [4.69, 9.17) is 9.15 Å². The fraction of sp³-hybridized carbons (Fsp3) is 0.143. The molecule has 0 spiro atoms. The Labute approximate surface area is 119 Å². The monoisotopic (exact) mass is 285 g/mol. The number of nitrogens with zero attached hydrogens (tertiary/aromatic N) is 3. The molecular weight excluding hydrogens is 274 g/mol. The van der Waals surface area contributed by atoms with Crippen LogP contribution < -0.4 is 4.74 Å². The highest BCUT2D eigenvalue weighted by Crippen LogP contribution is 2.34. The molecule has 0 unspecified atom stereocenters. The van der Waals surface area contributed by atoms with Crippen molar-refractivity contribution in [3.05, 3.63) is 58.1 Å². The Hall–Kier alpha value is -2.96. The Kier molecular flexibility index (Phi) is 3.23. The first-order valence-electron chi connectivity index (χ1n) is 6.21. The summed E-state index contributed by atoms with van der Waals surface area (Å²) in [6, 6.07) is 9.36. The van der Waals surface area contributed by atoms with Gasteiger partial charge in [-0.2, -0.15) is 0 Å². The second-order valence-corrected chi connectivity index (χ2v) is 4.41. The summed E-state index contributed by atoms with van der Waals surface area (Å²) in [4.78, 5) is 18.7. The lowest BCUT2D eigenvalue weighted by Crippen LogP contribution is -2.03. The van der Waals surface area contributed by atoms with Crippen molar-refractivity contribution in [2.75, 3.05) is 0 Å². The van der Waals surface area contributed by atoms with Gasteiger partial charge in [0.05, 0.1) is 10.6 Å². The van der Waals surface area contributed by atoms with Crippen LogP contribution in [0.4, 0.5) is 5.69 Å². The van der Waals surface area contributed by atoms with E-state index in [-0.39, 0.29) is 23.7 Å². The van der Waals surface area contributed by atoms with E-state index in [9.17, 15) is 10.1 Å². The number of nitro groups is 1. The molecule has 0 amide bonds. The molecule has 2 heterocycles. The van der Waals surface area contributed by atoms with Gasteiger partial charge in [0.1, 0.15) is 6.61 Å². The SMILES string of the molecule is Cc1nc(OCc2ccccc2)c([N+](=O)[O-])c2ncoc12. The van der Waals surface area contributed by atoms with E-state index in [1.807, 2.05) is 30.3 Å². The first-order valence-corrected chi connectivity index (χ1v) is 6.21. The van der Waals surface area contributed by atoms with Crippen LogP contribution in [0.2, 0.25) is 0 Å². The molecule has 21 heavy (non-hydrogen) atoms. The predicted molar refractivity (Wildman–Crippen MR) is 74.0 cm³/mol. The molecule has 3 rings (SSSR count). The molecule has 106 valence electrons. The van der Waals surface area contributed by atoms with Crippen molar-refractivity contribution in [1.29, 1.82) is 0 Å². The maximum Gasteiger partial charge on any atom is 0.360 e. The number of oxazole rings is 1. The molecule has 0 fully saturated rings. The highest BCUT2D eigenvalue weighted by atomic mass is 16.6. The minimum absolute atomic E-state index is 0.0530. The van der Waals surface area contributed by atoms with E-state index in [0.29, 0.717) is 11.3 Å². The molecule has 3 aromatic rings. The number of aromatic nitrogens is 2. The largest absolute Gasteiger partial charge is 0.468 e. The zero-order valence-electron chi connectivity index (χ0n) is 11.1. The summed E-state index contributed by atoms with van der Waals surface area (Å²) in [7, 11) is 0.